The van der Waals surface area contributed by atoms with Gasteiger partial charge in [-0.15, -0.1) is 0 Å². The number of hydrogen-bond acceptors (Lipinski definition) is 4. The van der Waals surface area contributed by atoms with Crippen molar-refractivity contribution in [2.45, 2.75) is 39.0 Å². The molecule has 0 atom stereocenters. The number of nitrogens with zero attached hydrogens (tertiary/aromatic N) is 1. The van der Waals surface area contributed by atoms with Crippen LogP contribution in [0.15, 0.2) is 18.2 Å². The van der Waals surface area contributed by atoms with Crippen LogP contribution in [-0.2, 0) is 5.41 Å². The maximum Gasteiger partial charge on any atom is 0.707 e. The first-order chi connectivity index (χ1) is 8.88. The summed E-state index contributed by atoms with van der Waals surface area (Å²) in [5.41, 5.74) is 2.38. The largest absolute Gasteiger partial charge is 0.707 e. The SMILES string of the molecule is CC(C)(C)c1cc(OB(O)O)ccc1N1CCCC1. The van der Waals surface area contributed by atoms with Crippen molar-refractivity contribution in [3.8, 4) is 5.75 Å². The first-order valence-electron chi connectivity index (χ1n) is 6.80. The third-order valence-electron chi connectivity index (χ3n) is 3.46. The van der Waals surface area contributed by atoms with Crippen molar-refractivity contribution in [3.05, 3.63) is 23.8 Å². The second-order valence-electron chi connectivity index (χ2n) is 6.07. The zero-order chi connectivity index (χ0) is 14.0. The molecule has 1 aromatic rings. The number of hydrogen-bond donors (Lipinski definition) is 2. The third-order valence-corrected chi connectivity index (χ3v) is 3.46. The third kappa shape index (κ3) is 3.42. The molecule has 0 aromatic heterocycles. The quantitative estimate of drug-likeness (QED) is 0.818. The molecule has 0 saturated carbocycles. The van der Waals surface area contributed by atoms with Crippen LogP contribution in [0.5, 0.6) is 5.75 Å². The van der Waals surface area contributed by atoms with Gasteiger partial charge in [0.1, 0.15) is 5.75 Å². The minimum atomic E-state index is -1.77. The van der Waals surface area contributed by atoms with Gasteiger partial charge >= 0.3 is 7.32 Å². The van der Waals surface area contributed by atoms with E-state index in [0.717, 1.165) is 13.1 Å². The zero-order valence-electron chi connectivity index (χ0n) is 11.9. The van der Waals surface area contributed by atoms with E-state index >= 15 is 0 Å². The Bertz CT molecular complexity index is 437. The van der Waals surface area contributed by atoms with Gasteiger partial charge in [-0.1, -0.05) is 20.8 Å². The molecule has 2 rings (SSSR count). The van der Waals surface area contributed by atoms with Gasteiger partial charge in [0.05, 0.1) is 0 Å². The first kappa shape index (κ1) is 14.2. The van der Waals surface area contributed by atoms with Crippen LogP contribution in [-0.4, -0.2) is 30.5 Å². The molecule has 0 unspecified atom stereocenters. The summed E-state index contributed by atoms with van der Waals surface area (Å²) in [5, 5.41) is 17.8. The van der Waals surface area contributed by atoms with Gasteiger partial charge in [-0.3, -0.25) is 0 Å². The van der Waals surface area contributed by atoms with Crippen molar-refractivity contribution in [2.75, 3.05) is 18.0 Å². The van der Waals surface area contributed by atoms with Crippen LogP contribution in [0.2, 0.25) is 0 Å². The van der Waals surface area contributed by atoms with Gasteiger partial charge in [-0.2, -0.15) is 0 Å². The van der Waals surface area contributed by atoms with Crippen LogP contribution in [0.25, 0.3) is 0 Å². The molecule has 1 aromatic carbocycles. The van der Waals surface area contributed by atoms with Crippen molar-refractivity contribution in [1.29, 1.82) is 0 Å². The maximum atomic E-state index is 8.90. The van der Waals surface area contributed by atoms with E-state index in [0.29, 0.717) is 5.75 Å². The van der Waals surface area contributed by atoms with Crippen molar-refractivity contribution in [3.63, 3.8) is 0 Å². The number of rotatable bonds is 3. The van der Waals surface area contributed by atoms with Gasteiger partial charge in [0.25, 0.3) is 0 Å². The molecule has 0 aliphatic carbocycles. The summed E-state index contributed by atoms with van der Waals surface area (Å²) in [5.74, 6) is 0.489. The van der Waals surface area contributed by atoms with Gasteiger partial charge in [0.15, 0.2) is 0 Å². The number of anilines is 1. The standard InChI is InChI=1S/C14H22BNO3/c1-14(2,3)12-10-11(19-15(17)18)6-7-13(12)16-8-4-5-9-16/h6-7,10,17-18H,4-5,8-9H2,1-3H3. The molecule has 19 heavy (non-hydrogen) atoms. The van der Waals surface area contributed by atoms with Crippen molar-refractivity contribution >= 4 is 13.0 Å². The highest BCUT2D eigenvalue weighted by atomic mass is 16.6. The Balaban J connectivity index is 2.37. The molecule has 1 aliphatic rings. The van der Waals surface area contributed by atoms with E-state index in [2.05, 4.69) is 25.7 Å². The second-order valence-corrected chi connectivity index (χ2v) is 6.07. The predicted octanol–water partition coefficient (Wildman–Crippen LogP) is 1.93. The molecule has 1 fully saturated rings. The van der Waals surface area contributed by atoms with Crippen molar-refractivity contribution < 1.29 is 14.7 Å². The van der Waals surface area contributed by atoms with Crippen LogP contribution < -0.4 is 9.55 Å². The lowest BCUT2D eigenvalue weighted by atomic mass is 9.85. The smallest absolute Gasteiger partial charge is 0.512 e. The van der Waals surface area contributed by atoms with E-state index in [1.54, 1.807) is 6.07 Å². The Kier molecular flexibility index (Phi) is 4.06. The Morgan fingerprint density at radius 2 is 1.79 bits per heavy atom. The van der Waals surface area contributed by atoms with E-state index in [-0.39, 0.29) is 5.41 Å². The van der Waals surface area contributed by atoms with Crippen molar-refractivity contribution in [1.82, 2.24) is 0 Å². The highest BCUT2D eigenvalue weighted by Gasteiger charge is 2.24. The zero-order valence-corrected chi connectivity index (χ0v) is 11.9. The van der Waals surface area contributed by atoms with E-state index < -0.39 is 7.32 Å². The summed E-state index contributed by atoms with van der Waals surface area (Å²) < 4.78 is 4.96. The molecule has 0 radical (unpaired) electrons. The van der Waals surface area contributed by atoms with Gasteiger partial charge in [-0.05, 0) is 42.0 Å². The fraction of sp³-hybridized carbons (Fsp3) is 0.571. The van der Waals surface area contributed by atoms with Crippen molar-refractivity contribution in [2.24, 2.45) is 0 Å². The van der Waals surface area contributed by atoms with E-state index in [1.165, 1.54) is 24.1 Å². The lowest BCUT2D eigenvalue weighted by Gasteiger charge is -2.29. The summed E-state index contributed by atoms with van der Waals surface area (Å²) in [6, 6.07) is 5.72. The summed E-state index contributed by atoms with van der Waals surface area (Å²) >= 11 is 0. The Hall–Kier alpha value is -1.20. The number of benzene rings is 1. The summed E-state index contributed by atoms with van der Waals surface area (Å²) in [4.78, 5) is 2.39. The van der Waals surface area contributed by atoms with Crippen LogP contribution in [0.1, 0.15) is 39.2 Å². The van der Waals surface area contributed by atoms with Crippen LogP contribution >= 0.6 is 0 Å². The summed E-state index contributed by atoms with van der Waals surface area (Å²) in [6.07, 6.45) is 2.47. The summed E-state index contributed by atoms with van der Waals surface area (Å²) in [7, 11) is -1.77. The van der Waals surface area contributed by atoms with Crippen LogP contribution in [0.4, 0.5) is 5.69 Å². The second kappa shape index (κ2) is 5.43. The topological polar surface area (TPSA) is 52.9 Å². The van der Waals surface area contributed by atoms with Crippen LogP contribution in [0, 0.1) is 0 Å². The fourth-order valence-electron chi connectivity index (χ4n) is 2.54. The molecule has 1 aliphatic heterocycles. The highest BCUT2D eigenvalue weighted by molar-refractivity contribution is 6.33. The molecule has 0 amide bonds. The van der Waals surface area contributed by atoms with Gasteiger partial charge in [0, 0.05) is 18.8 Å². The average Bonchev–Trinajstić information content (AvgIpc) is 2.80. The van der Waals surface area contributed by atoms with Gasteiger partial charge < -0.3 is 19.6 Å². The molecule has 5 heteroatoms. The normalized spacial score (nSPS) is 15.7. The van der Waals surface area contributed by atoms with Gasteiger partial charge in [-0.25, -0.2) is 0 Å². The Morgan fingerprint density at radius 3 is 2.32 bits per heavy atom. The first-order valence-corrected chi connectivity index (χ1v) is 6.80. The average molecular weight is 263 g/mol. The molecule has 0 spiro atoms. The minimum Gasteiger partial charge on any atom is -0.512 e. The minimum absolute atomic E-state index is 0.0162. The lowest BCUT2D eigenvalue weighted by molar-refractivity contribution is 0.288. The molecule has 2 N–H and O–H groups in total. The predicted molar refractivity (Wildman–Crippen MR) is 77.4 cm³/mol. The monoisotopic (exact) mass is 263 g/mol. The van der Waals surface area contributed by atoms with Gasteiger partial charge in [0.2, 0.25) is 0 Å². The Morgan fingerprint density at radius 1 is 1.16 bits per heavy atom. The summed E-state index contributed by atoms with van der Waals surface area (Å²) in [6.45, 7) is 8.64. The van der Waals surface area contributed by atoms with E-state index in [4.69, 9.17) is 14.7 Å². The Labute approximate surface area is 115 Å². The molecule has 4 nitrogen and oxygen atoms in total. The van der Waals surface area contributed by atoms with E-state index in [9.17, 15) is 0 Å². The lowest BCUT2D eigenvalue weighted by Crippen LogP contribution is -2.25. The maximum absolute atomic E-state index is 8.90. The highest BCUT2D eigenvalue weighted by Crippen LogP contribution is 2.36. The fourth-order valence-corrected chi connectivity index (χ4v) is 2.54. The molecular formula is C14H22BNO3. The molecule has 1 heterocycles. The van der Waals surface area contributed by atoms with E-state index in [1.807, 2.05) is 12.1 Å². The molecule has 1 saturated heterocycles. The molecular weight excluding hydrogens is 241 g/mol. The van der Waals surface area contributed by atoms with Crippen LogP contribution in [0.3, 0.4) is 0 Å². The molecule has 0 bridgehead atoms. The molecule has 104 valence electrons.